The number of nitrogens with two attached hydrogens (primary N) is 1. The van der Waals surface area contributed by atoms with Crippen molar-refractivity contribution in [1.82, 2.24) is 15.0 Å². The van der Waals surface area contributed by atoms with E-state index in [2.05, 4.69) is 20.3 Å². The molecule has 29 heavy (non-hydrogen) atoms. The fourth-order valence-corrected chi connectivity index (χ4v) is 3.08. The minimum absolute atomic E-state index is 0.155. The second-order valence-corrected chi connectivity index (χ2v) is 6.30. The first-order valence-electron chi connectivity index (χ1n) is 8.74. The van der Waals surface area contributed by atoms with Crippen molar-refractivity contribution in [3.63, 3.8) is 0 Å². The Morgan fingerprint density at radius 1 is 1.07 bits per heavy atom. The van der Waals surface area contributed by atoms with E-state index in [0.29, 0.717) is 44.9 Å². The van der Waals surface area contributed by atoms with E-state index in [-0.39, 0.29) is 5.78 Å². The maximum Gasteiger partial charge on any atom is 0.337 e. The van der Waals surface area contributed by atoms with Crippen LogP contribution in [0.25, 0.3) is 11.0 Å². The van der Waals surface area contributed by atoms with Crippen molar-refractivity contribution >= 4 is 40.0 Å². The molecule has 0 amide bonds. The van der Waals surface area contributed by atoms with Gasteiger partial charge in [0.25, 0.3) is 0 Å². The molecule has 0 aliphatic heterocycles. The van der Waals surface area contributed by atoms with Crippen LogP contribution in [-0.2, 0) is 4.74 Å². The van der Waals surface area contributed by atoms with E-state index in [1.807, 2.05) is 6.07 Å². The molecule has 0 aliphatic rings. The molecule has 0 atom stereocenters. The Balaban J connectivity index is 1.78. The molecule has 0 spiro atoms. The number of ether oxygens (including phenoxy) is 1. The molecule has 0 radical (unpaired) electrons. The normalized spacial score (nSPS) is 10.7. The van der Waals surface area contributed by atoms with Crippen LogP contribution in [0.5, 0.6) is 0 Å². The molecule has 144 valence electrons. The van der Waals surface area contributed by atoms with E-state index in [1.54, 1.807) is 42.6 Å². The number of aromatic amines is 1. The first-order chi connectivity index (χ1) is 14.1. The second-order valence-electron chi connectivity index (χ2n) is 6.30. The number of rotatable bonds is 5. The third-order valence-electron chi connectivity index (χ3n) is 4.39. The summed E-state index contributed by atoms with van der Waals surface area (Å²) in [4.78, 5) is 36.3. The molecule has 0 fully saturated rings. The number of anilines is 3. The molecule has 0 saturated carbocycles. The van der Waals surface area contributed by atoms with Crippen LogP contribution in [-0.4, -0.2) is 33.8 Å². The van der Waals surface area contributed by atoms with Crippen LogP contribution in [0.1, 0.15) is 26.3 Å². The summed E-state index contributed by atoms with van der Waals surface area (Å²) >= 11 is 0. The van der Waals surface area contributed by atoms with Crippen molar-refractivity contribution in [1.29, 1.82) is 0 Å². The number of nitrogens with zero attached hydrogens (tertiary/aromatic N) is 2. The van der Waals surface area contributed by atoms with Gasteiger partial charge < -0.3 is 20.8 Å². The molecule has 2 aromatic carbocycles. The zero-order chi connectivity index (χ0) is 20.4. The lowest BCUT2D eigenvalue weighted by atomic mass is 10.0. The zero-order valence-electron chi connectivity index (χ0n) is 15.5. The van der Waals surface area contributed by atoms with Crippen LogP contribution in [0.4, 0.5) is 17.2 Å². The van der Waals surface area contributed by atoms with Gasteiger partial charge in [0, 0.05) is 23.1 Å². The second kappa shape index (κ2) is 7.43. The molecule has 2 aromatic heterocycles. The van der Waals surface area contributed by atoms with E-state index in [4.69, 9.17) is 10.5 Å². The van der Waals surface area contributed by atoms with Gasteiger partial charge in [0.1, 0.15) is 17.8 Å². The molecule has 4 aromatic rings. The maximum atomic E-state index is 13.0. The molecule has 0 unspecified atom stereocenters. The van der Waals surface area contributed by atoms with Crippen LogP contribution >= 0.6 is 0 Å². The van der Waals surface area contributed by atoms with Crippen molar-refractivity contribution < 1.29 is 14.3 Å². The highest BCUT2D eigenvalue weighted by atomic mass is 16.5. The Hall–Kier alpha value is -4.20. The number of nitrogens with one attached hydrogen (secondary N) is 2. The molecular weight excluding hydrogens is 370 g/mol. The summed E-state index contributed by atoms with van der Waals surface area (Å²) in [6.45, 7) is 0. The smallest absolute Gasteiger partial charge is 0.337 e. The van der Waals surface area contributed by atoms with Crippen LogP contribution in [0, 0.1) is 0 Å². The third-order valence-corrected chi connectivity index (χ3v) is 4.39. The first-order valence-corrected chi connectivity index (χ1v) is 8.74. The van der Waals surface area contributed by atoms with E-state index in [0.717, 1.165) is 0 Å². The monoisotopic (exact) mass is 387 g/mol. The maximum absolute atomic E-state index is 13.0. The standard InChI is InChI=1S/C21H17N5O3/c1-29-21(28)13-7-14(22)9-15(8-13)26-20-17-16(10-23-19(17)24-11-25-20)18(27)12-5-3-2-4-6-12/h2-11H,22H2,1H3,(H2,23,24,25,26). The van der Waals surface area contributed by atoms with Crippen molar-refractivity contribution in [3.8, 4) is 0 Å². The number of methoxy groups -OCH3 is 1. The predicted molar refractivity (Wildman–Crippen MR) is 109 cm³/mol. The summed E-state index contributed by atoms with van der Waals surface area (Å²) in [5.74, 6) is -0.246. The van der Waals surface area contributed by atoms with Gasteiger partial charge in [-0.2, -0.15) is 0 Å². The number of benzene rings is 2. The highest BCUT2D eigenvalue weighted by Crippen LogP contribution is 2.29. The number of carbonyl (C=O) groups is 2. The summed E-state index contributed by atoms with van der Waals surface area (Å²) < 4.78 is 4.76. The van der Waals surface area contributed by atoms with Crippen molar-refractivity contribution in [3.05, 3.63) is 77.7 Å². The molecule has 0 bridgehead atoms. The lowest BCUT2D eigenvalue weighted by molar-refractivity contribution is 0.0600. The van der Waals surface area contributed by atoms with Crippen molar-refractivity contribution in [2.45, 2.75) is 0 Å². The third kappa shape index (κ3) is 3.51. The molecule has 0 saturated heterocycles. The summed E-state index contributed by atoms with van der Waals surface area (Å²) in [6.07, 6.45) is 2.99. The summed E-state index contributed by atoms with van der Waals surface area (Å²) in [5.41, 5.74) is 8.63. The molecular formula is C21H17N5O3. The van der Waals surface area contributed by atoms with Crippen molar-refractivity contribution in [2.75, 3.05) is 18.2 Å². The highest BCUT2D eigenvalue weighted by Gasteiger charge is 2.19. The van der Waals surface area contributed by atoms with Gasteiger partial charge in [-0.3, -0.25) is 4.79 Å². The average Bonchev–Trinajstić information content (AvgIpc) is 3.18. The minimum Gasteiger partial charge on any atom is -0.465 e. The molecule has 2 heterocycles. The van der Waals surface area contributed by atoms with Gasteiger partial charge >= 0.3 is 5.97 Å². The van der Waals surface area contributed by atoms with Gasteiger partial charge in [-0.25, -0.2) is 14.8 Å². The number of fused-ring (bicyclic) bond motifs is 1. The fourth-order valence-electron chi connectivity index (χ4n) is 3.08. The zero-order valence-corrected chi connectivity index (χ0v) is 15.5. The van der Waals surface area contributed by atoms with E-state index in [9.17, 15) is 9.59 Å². The van der Waals surface area contributed by atoms with Gasteiger partial charge in [0.05, 0.1) is 23.6 Å². The topological polar surface area (TPSA) is 123 Å². The number of carbonyl (C=O) groups excluding carboxylic acids is 2. The summed E-state index contributed by atoms with van der Waals surface area (Å²) in [6, 6.07) is 13.7. The first kappa shape index (κ1) is 18.2. The number of esters is 1. The lowest BCUT2D eigenvalue weighted by Gasteiger charge is -2.10. The predicted octanol–water partition coefficient (Wildman–Crippen LogP) is 3.30. The van der Waals surface area contributed by atoms with Crippen LogP contribution < -0.4 is 11.1 Å². The Morgan fingerprint density at radius 3 is 2.62 bits per heavy atom. The number of ketones is 1. The number of H-pyrrole nitrogens is 1. The minimum atomic E-state index is -0.505. The SMILES string of the molecule is COC(=O)c1cc(N)cc(Nc2ncnc3[nH]cc(C(=O)c4ccccc4)c23)c1. The van der Waals surface area contributed by atoms with Gasteiger partial charge in [-0.1, -0.05) is 30.3 Å². The molecule has 4 rings (SSSR count). The van der Waals surface area contributed by atoms with Crippen LogP contribution in [0.15, 0.2) is 61.1 Å². The average molecular weight is 387 g/mol. The quantitative estimate of drug-likeness (QED) is 0.273. The van der Waals surface area contributed by atoms with Gasteiger partial charge in [-0.05, 0) is 18.2 Å². The lowest BCUT2D eigenvalue weighted by Crippen LogP contribution is -2.05. The number of aromatic nitrogens is 3. The van der Waals surface area contributed by atoms with Crippen LogP contribution in [0.3, 0.4) is 0 Å². The number of nitrogen functional groups attached to an aromatic ring is 1. The highest BCUT2D eigenvalue weighted by molar-refractivity contribution is 6.18. The van der Waals surface area contributed by atoms with E-state index >= 15 is 0 Å². The van der Waals surface area contributed by atoms with Gasteiger partial charge in [-0.15, -0.1) is 0 Å². The van der Waals surface area contributed by atoms with Crippen LogP contribution in [0.2, 0.25) is 0 Å². The molecule has 8 heteroatoms. The Kier molecular flexibility index (Phi) is 4.66. The van der Waals surface area contributed by atoms with Gasteiger partial charge in [0.2, 0.25) is 0 Å². The van der Waals surface area contributed by atoms with E-state index in [1.165, 1.54) is 19.5 Å². The summed E-state index contributed by atoms with van der Waals surface area (Å²) in [7, 11) is 1.30. The Morgan fingerprint density at radius 2 is 1.86 bits per heavy atom. The Bertz CT molecular complexity index is 1220. The molecule has 4 N–H and O–H groups in total. The summed E-state index contributed by atoms with van der Waals surface area (Å²) in [5, 5.41) is 3.67. The molecule has 0 aliphatic carbocycles. The fraction of sp³-hybridized carbons (Fsp3) is 0.0476. The number of hydrogen-bond acceptors (Lipinski definition) is 7. The molecule has 8 nitrogen and oxygen atoms in total. The van der Waals surface area contributed by atoms with Crippen molar-refractivity contribution in [2.24, 2.45) is 0 Å². The van der Waals surface area contributed by atoms with Gasteiger partial charge in [0.15, 0.2) is 5.78 Å². The number of hydrogen-bond donors (Lipinski definition) is 3. The Labute approximate surface area is 165 Å². The largest absolute Gasteiger partial charge is 0.465 e. The van der Waals surface area contributed by atoms with E-state index < -0.39 is 5.97 Å².